The maximum Gasteiger partial charge on any atom is 0.228 e. The molecular weight excluding hydrogens is 519 g/mol. The Morgan fingerprint density at radius 2 is 1.78 bits per heavy atom. The number of rotatable bonds is 5. The summed E-state index contributed by atoms with van der Waals surface area (Å²) in [6.07, 6.45) is 8.02. The van der Waals surface area contributed by atoms with E-state index in [1.807, 2.05) is 59.1 Å². The zero-order valence-corrected chi connectivity index (χ0v) is 22.1. The number of carbonyl (C=O) groups is 1. The van der Waals surface area contributed by atoms with Crippen LogP contribution in [0.5, 0.6) is 0 Å². The Balaban J connectivity index is 1.24. The summed E-state index contributed by atoms with van der Waals surface area (Å²) in [5.41, 5.74) is 9.57. The smallest absolute Gasteiger partial charge is 0.228 e. The van der Waals surface area contributed by atoms with Gasteiger partial charge in [-0.15, -0.1) is 0 Å². The standard InChI is InChI=1S/C31H27FN8O/c32-25-22(12-10-19-11-13-23(36-26(19)25)18-4-2-1-3-5-18)27-28-29(33)34-16-17-40(28)30(38-27)20-6-8-21(9-7-20)31(41)37-24-14-15-35-39-24/h1-5,10-17,20-21H,6-9H2,(H2,33,34)(H2,35,37,39,41). The fourth-order valence-corrected chi connectivity index (χ4v) is 5.84. The third-order valence-corrected chi connectivity index (χ3v) is 7.96. The summed E-state index contributed by atoms with van der Waals surface area (Å²) in [6.45, 7) is 0. The molecule has 0 spiro atoms. The fourth-order valence-electron chi connectivity index (χ4n) is 5.84. The molecule has 1 fully saturated rings. The van der Waals surface area contributed by atoms with E-state index in [2.05, 4.69) is 25.5 Å². The Bertz CT molecular complexity index is 1880. The number of nitrogens with zero attached hydrogens (tertiary/aromatic N) is 5. The predicted octanol–water partition coefficient (Wildman–Crippen LogP) is 5.97. The van der Waals surface area contributed by atoms with Crippen molar-refractivity contribution in [3.05, 3.63) is 90.9 Å². The molecule has 0 saturated heterocycles. The molecule has 0 bridgehead atoms. The van der Waals surface area contributed by atoms with E-state index in [-0.39, 0.29) is 29.1 Å². The van der Waals surface area contributed by atoms with E-state index in [9.17, 15) is 4.79 Å². The number of nitrogens with two attached hydrogens (primary N) is 1. The Kier molecular flexibility index (Phi) is 6.15. The molecule has 2 aromatic carbocycles. The highest BCUT2D eigenvalue weighted by molar-refractivity contribution is 5.93. The minimum atomic E-state index is -0.450. The van der Waals surface area contributed by atoms with Crippen LogP contribution in [0.2, 0.25) is 0 Å². The quantitative estimate of drug-likeness (QED) is 0.245. The molecular formula is C31H27FN8O. The molecule has 41 heavy (non-hydrogen) atoms. The highest BCUT2D eigenvalue weighted by atomic mass is 19.1. The second-order valence-electron chi connectivity index (χ2n) is 10.4. The van der Waals surface area contributed by atoms with Gasteiger partial charge in [0.2, 0.25) is 5.91 Å². The number of aromatic amines is 1. The number of H-pyrrole nitrogens is 1. The number of pyridine rings is 1. The highest BCUT2D eigenvalue weighted by Crippen LogP contribution is 2.40. The van der Waals surface area contributed by atoms with Gasteiger partial charge in [0.15, 0.2) is 5.82 Å². The summed E-state index contributed by atoms with van der Waals surface area (Å²) in [6, 6.07) is 18.8. The lowest BCUT2D eigenvalue weighted by atomic mass is 9.81. The van der Waals surface area contributed by atoms with E-state index < -0.39 is 5.82 Å². The monoisotopic (exact) mass is 546 g/mol. The van der Waals surface area contributed by atoms with Gasteiger partial charge in [-0.25, -0.2) is 19.3 Å². The Hall–Kier alpha value is -5.12. The first-order valence-corrected chi connectivity index (χ1v) is 13.6. The van der Waals surface area contributed by atoms with Gasteiger partial charge in [0, 0.05) is 46.8 Å². The lowest BCUT2D eigenvalue weighted by molar-refractivity contribution is -0.120. The van der Waals surface area contributed by atoms with Crippen molar-refractivity contribution in [1.29, 1.82) is 0 Å². The molecule has 4 aromatic heterocycles. The number of halogens is 1. The van der Waals surface area contributed by atoms with Crippen molar-refractivity contribution in [2.75, 3.05) is 11.1 Å². The van der Waals surface area contributed by atoms with Gasteiger partial charge in [-0.2, -0.15) is 5.10 Å². The van der Waals surface area contributed by atoms with Crippen molar-refractivity contribution in [3.8, 4) is 22.5 Å². The number of amides is 1. The Labute approximate surface area is 234 Å². The van der Waals surface area contributed by atoms with Crippen LogP contribution < -0.4 is 11.1 Å². The maximum absolute atomic E-state index is 16.2. The van der Waals surface area contributed by atoms with Crippen molar-refractivity contribution >= 4 is 34.0 Å². The topological polar surface area (TPSA) is 127 Å². The first kappa shape index (κ1) is 24.9. The molecule has 0 radical (unpaired) electrons. The number of nitrogen functional groups attached to an aromatic ring is 1. The van der Waals surface area contributed by atoms with Gasteiger partial charge in [0.25, 0.3) is 0 Å². The summed E-state index contributed by atoms with van der Waals surface area (Å²) in [5, 5.41) is 10.2. The maximum atomic E-state index is 16.2. The average molecular weight is 547 g/mol. The number of carbonyl (C=O) groups excluding carboxylic acids is 1. The summed E-state index contributed by atoms with van der Waals surface area (Å²) < 4.78 is 18.2. The van der Waals surface area contributed by atoms with E-state index in [4.69, 9.17) is 10.7 Å². The molecule has 10 heteroatoms. The summed E-state index contributed by atoms with van der Waals surface area (Å²) in [7, 11) is 0. The number of anilines is 2. The molecule has 1 saturated carbocycles. The lowest BCUT2D eigenvalue weighted by Crippen LogP contribution is -2.27. The van der Waals surface area contributed by atoms with E-state index in [0.29, 0.717) is 46.5 Å². The van der Waals surface area contributed by atoms with Gasteiger partial charge in [-0.1, -0.05) is 42.5 Å². The molecule has 1 aliphatic carbocycles. The van der Waals surface area contributed by atoms with Crippen LogP contribution in [-0.4, -0.2) is 35.5 Å². The van der Waals surface area contributed by atoms with E-state index in [0.717, 1.165) is 24.2 Å². The first-order valence-electron chi connectivity index (χ1n) is 13.6. The molecule has 9 nitrogen and oxygen atoms in total. The van der Waals surface area contributed by atoms with Crippen LogP contribution in [0.15, 0.2) is 79.3 Å². The van der Waals surface area contributed by atoms with E-state index in [1.54, 1.807) is 24.5 Å². The molecule has 0 aliphatic heterocycles. The van der Waals surface area contributed by atoms with Crippen LogP contribution in [0.1, 0.15) is 37.4 Å². The van der Waals surface area contributed by atoms with Crippen LogP contribution >= 0.6 is 0 Å². The number of fused-ring (bicyclic) bond motifs is 2. The molecule has 204 valence electrons. The minimum absolute atomic E-state index is 0.0181. The van der Waals surface area contributed by atoms with Crippen LogP contribution in [0.25, 0.3) is 38.9 Å². The van der Waals surface area contributed by atoms with Crippen LogP contribution in [0.3, 0.4) is 0 Å². The average Bonchev–Trinajstić information content (AvgIpc) is 3.67. The van der Waals surface area contributed by atoms with Gasteiger partial charge in [0.05, 0.1) is 11.9 Å². The Morgan fingerprint density at radius 1 is 0.976 bits per heavy atom. The first-order chi connectivity index (χ1) is 20.1. The second kappa shape index (κ2) is 10.1. The highest BCUT2D eigenvalue weighted by Gasteiger charge is 2.31. The molecule has 6 aromatic rings. The molecule has 1 aliphatic rings. The zero-order chi connectivity index (χ0) is 27.9. The van der Waals surface area contributed by atoms with E-state index in [1.165, 1.54) is 0 Å². The number of benzene rings is 2. The van der Waals surface area contributed by atoms with Crippen molar-refractivity contribution in [2.24, 2.45) is 5.92 Å². The minimum Gasteiger partial charge on any atom is -0.382 e. The largest absolute Gasteiger partial charge is 0.382 e. The number of aromatic nitrogens is 6. The lowest BCUT2D eigenvalue weighted by Gasteiger charge is -2.27. The van der Waals surface area contributed by atoms with Crippen LogP contribution in [0, 0.1) is 11.7 Å². The molecule has 4 N–H and O–H groups in total. The van der Waals surface area contributed by atoms with Gasteiger partial charge in [-0.05, 0) is 37.8 Å². The Morgan fingerprint density at radius 3 is 2.56 bits per heavy atom. The van der Waals surface area contributed by atoms with Crippen molar-refractivity contribution in [3.63, 3.8) is 0 Å². The normalized spacial score (nSPS) is 17.2. The second-order valence-corrected chi connectivity index (χ2v) is 10.4. The van der Waals surface area contributed by atoms with Gasteiger partial charge in [0.1, 0.15) is 34.2 Å². The number of imidazole rings is 1. The van der Waals surface area contributed by atoms with Crippen LogP contribution in [-0.2, 0) is 4.79 Å². The molecule has 0 unspecified atom stereocenters. The molecule has 1 amide bonds. The molecule has 0 atom stereocenters. The third-order valence-electron chi connectivity index (χ3n) is 7.96. The summed E-state index contributed by atoms with van der Waals surface area (Å²) >= 11 is 0. The molecule has 4 heterocycles. The fraction of sp³-hybridized carbons (Fsp3) is 0.194. The van der Waals surface area contributed by atoms with E-state index >= 15 is 4.39 Å². The van der Waals surface area contributed by atoms with Crippen molar-refractivity contribution in [1.82, 2.24) is 29.5 Å². The van der Waals surface area contributed by atoms with Gasteiger partial charge in [-0.3, -0.25) is 14.3 Å². The SMILES string of the molecule is Nc1nccn2c(C3CCC(C(=O)Nc4ccn[nH]4)CC3)nc(-c3ccc4ccc(-c5ccccc5)nc4c3F)c12. The third kappa shape index (κ3) is 4.47. The van der Waals surface area contributed by atoms with Crippen LogP contribution in [0.4, 0.5) is 16.0 Å². The van der Waals surface area contributed by atoms with Gasteiger partial charge >= 0.3 is 0 Å². The van der Waals surface area contributed by atoms with Gasteiger partial charge < -0.3 is 11.1 Å². The van der Waals surface area contributed by atoms with Crippen molar-refractivity contribution < 1.29 is 9.18 Å². The summed E-state index contributed by atoms with van der Waals surface area (Å²) in [4.78, 5) is 26.7. The number of hydrogen-bond donors (Lipinski definition) is 3. The molecule has 7 rings (SSSR count). The number of nitrogens with one attached hydrogen (secondary N) is 2. The number of hydrogen-bond acceptors (Lipinski definition) is 6. The zero-order valence-electron chi connectivity index (χ0n) is 22.1. The van der Waals surface area contributed by atoms with Crippen molar-refractivity contribution in [2.45, 2.75) is 31.6 Å². The summed E-state index contributed by atoms with van der Waals surface area (Å²) in [5.74, 6) is 1.17. The predicted molar refractivity (Wildman–Crippen MR) is 155 cm³/mol.